The minimum atomic E-state index is 0.322. The van der Waals surface area contributed by atoms with E-state index in [9.17, 15) is 0 Å². The fraction of sp³-hybridized carbons (Fsp3) is 0.800. The standard InChI is InChI=1S/C15H28N4O2/c1-5-13-11-19(7-9-21-13)15-14(10-16-6-8-20-4)12(2)17-18(15)3/h13,16H,5-11H2,1-4H3. The summed E-state index contributed by atoms with van der Waals surface area (Å²) in [5.41, 5.74) is 2.38. The lowest BCUT2D eigenvalue weighted by molar-refractivity contribution is 0.0379. The summed E-state index contributed by atoms with van der Waals surface area (Å²) in [5, 5.41) is 8.02. The summed E-state index contributed by atoms with van der Waals surface area (Å²) < 4.78 is 12.9. The van der Waals surface area contributed by atoms with E-state index in [0.29, 0.717) is 6.10 Å². The van der Waals surface area contributed by atoms with Crippen molar-refractivity contribution in [2.24, 2.45) is 7.05 Å². The average molecular weight is 296 g/mol. The lowest BCUT2D eigenvalue weighted by Crippen LogP contribution is -2.43. The van der Waals surface area contributed by atoms with E-state index in [1.165, 1.54) is 11.4 Å². The first kappa shape index (κ1) is 16.3. The van der Waals surface area contributed by atoms with Gasteiger partial charge in [0.15, 0.2) is 0 Å². The van der Waals surface area contributed by atoms with Gasteiger partial charge in [0.05, 0.1) is 25.0 Å². The van der Waals surface area contributed by atoms with Crippen LogP contribution in [-0.4, -0.2) is 55.8 Å². The van der Waals surface area contributed by atoms with Crippen molar-refractivity contribution in [2.45, 2.75) is 32.9 Å². The van der Waals surface area contributed by atoms with Crippen molar-refractivity contribution in [3.63, 3.8) is 0 Å². The number of nitrogens with zero attached hydrogens (tertiary/aromatic N) is 3. The zero-order valence-electron chi connectivity index (χ0n) is 13.7. The highest BCUT2D eigenvalue weighted by Crippen LogP contribution is 2.25. The van der Waals surface area contributed by atoms with Crippen LogP contribution in [0.1, 0.15) is 24.6 Å². The van der Waals surface area contributed by atoms with E-state index in [0.717, 1.165) is 51.5 Å². The number of hydrogen-bond acceptors (Lipinski definition) is 5. The first-order valence-corrected chi connectivity index (χ1v) is 7.76. The number of rotatable bonds is 7. The van der Waals surface area contributed by atoms with Gasteiger partial charge >= 0.3 is 0 Å². The highest BCUT2D eigenvalue weighted by atomic mass is 16.5. The molecule has 1 atom stereocenters. The molecule has 0 amide bonds. The fourth-order valence-corrected chi connectivity index (χ4v) is 2.84. The Labute approximate surface area is 127 Å². The molecule has 1 aromatic rings. The van der Waals surface area contributed by atoms with Gasteiger partial charge in [0.1, 0.15) is 5.82 Å². The van der Waals surface area contributed by atoms with Crippen LogP contribution >= 0.6 is 0 Å². The Hall–Kier alpha value is -1.11. The summed E-state index contributed by atoms with van der Waals surface area (Å²) in [6.45, 7) is 9.33. The summed E-state index contributed by atoms with van der Waals surface area (Å²) in [4.78, 5) is 2.41. The number of methoxy groups -OCH3 is 1. The zero-order chi connectivity index (χ0) is 15.2. The van der Waals surface area contributed by atoms with E-state index in [-0.39, 0.29) is 0 Å². The third-order valence-electron chi connectivity index (χ3n) is 3.99. The smallest absolute Gasteiger partial charge is 0.131 e. The molecule has 1 saturated heterocycles. The lowest BCUT2D eigenvalue weighted by Gasteiger charge is -2.34. The minimum absolute atomic E-state index is 0.322. The second-order valence-corrected chi connectivity index (χ2v) is 5.53. The molecule has 0 radical (unpaired) electrons. The molecule has 0 saturated carbocycles. The molecule has 0 aromatic carbocycles. The van der Waals surface area contributed by atoms with Gasteiger partial charge in [0.25, 0.3) is 0 Å². The van der Waals surface area contributed by atoms with Crippen molar-refractivity contribution in [1.82, 2.24) is 15.1 Å². The summed E-state index contributed by atoms with van der Waals surface area (Å²) >= 11 is 0. The highest BCUT2D eigenvalue weighted by molar-refractivity contribution is 5.50. The van der Waals surface area contributed by atoms with E-state index in [2.05, 4.69) is 29.2 Å². The second kappa shape index (κ2) is 7.77. The number of nitrogens with one attached hydrogen (secondary N) is 1. The largest absolute Gasteiger partial charge is 0.383 e. The van der Waals surface area contributed by atoms with Gasteiger partial charge < -0.3 is 19.7 Å². The first-order valence-electron chi connectivity index (χ1n) is 7.76. The lowest BCUT2D eigenvalue weighted by atomic mass is 10.2. The van der Waals surface area contributed by atoms with Crippen LogP contribution < -0.4 is 10.2 Å². The third kappa shape index (κ3) is 3.96. The maximum absolute atomic E-state index is 5.77. The van der Waals surface area contributed by atoms with Gasteiger partial charge in [-0.2, -0.15) is 5.10 Å². The van der Waals surface area contributed by atoms with Crippen LogP contribution in [-0.2, 0) is 23.1 Å². The van der Waals surface area contributed by atoms with Gasteiger partial charge in [-0.3, -0.25) is 4.68 Å². The number of aromatic nitrogens is 2. The Balaban J connectivity index is 2.10. The summed E-state index contributed by atoms with van der Waals surface area (Å²) in [6, 6.07) is 0. The molecule has 0 aliphatic carbocycles. The Kier molecular flexibility index (Phi) is 6.02. The van der Waals surface area contributed by atoms with Gasteiger partial charge in [0.2, 0.25) is 0 Å². The van der Waals surface area contributed by atoms with Crippen LogP contribution in [0.5, 0.6) is 0 Å². The van der Waals surface area contributed by atoms with Crippen LogP contribution in [0, 0.1) is 6.92 Å². The van der Waals surface area contributed by atoms with Crippen LogP contribution in [0.25, 0.3) is 0 Å². The molecule has 21 heavy (non-hydrogen) atoms. The summed E-state index contributed by atoms with van der Waals surface area (Å²) in [5.74, 6) is 1.22. The maximum atomic E-state index is 5.77. The number of aryl methyl sites for hydroxylation is 2. The van der Waals surface area contributed by atoms with Crippen LogP contribution in [0.3, 0.4) is 0 Å². The second-order valence-electron chi connectivity index (χ2n) is 5.53. The summed E-state index contributed by atoms with van der Waals surface area (Å²) in [6.07, 6.45) is 1.37. The molecule has 1 aromatic heterocycles. The van der Waals surface area contributed by atoms with Gasteiger partial charge in [-0.15, -0.1) is 0 Å². The van der Waals surface area contributed by atoms with E-state index in [1.54, 1.807) is 7.11 Å². The molecular formula is C15H28N4O2. The minimum Gasteiger partial charge on any atom is -0.383 e. The predicted molar refractivity (Wildman–Crippen MR) is 83.8 cm³/mol. The highest BCUT2D eigenvalue weighted by Gasteiger charge is 2.25. The molecule has 6 heteroatoms. The van der Waals surface area contributed by atoms with Gasteiger partial charge in [0, 0.05) is 45.9 Å². The summed E-state index contributed by atoms with van der Waals surface area (Å²) in [7, 11) is 3.75. The SMILES string of the molecule is CCC1CN(c2c(CNCCOC)c(C)nn2C)CCO1. The molecule has 2 rings (SSSR count). The Morgan fingerprint density at radius 2 is 2.29 bits per heavy atom. The molecule has 1 unspecified atom stereocenters. The normalized spacial score (nSPS) is 19.2. The monoisotopic (exact) mass is 296 g/mol. The van der Waals surface area contributed by atoms with Crippen molar-refractivity contribution in [1.29, 1.82) is 0 Å². The van der Waals surface area contributed by atoms with Crippen molar-refractivity contribution < 1.29 is 9.47 Å². The molecule has 1 N–H and O–H groups in total. The molecule has 120 valence electrons. The van der Waals surface area contributed by atoms with Crippen molar-refractivity contribution in [2.75, 3.05) is 44.9 Å². The third-order valence-corrected chi connectivity index (χ3v) is 3.99. The van der Waals surface area contributed by atoms with Crippen LogP contribution in [0.2, 0.25) is 0 Å². The molecule has 6 nitrogen and oxygen atoms in total. The maximum Gasteiger partial charge on any atom is 0.131 e. The Morgan fingerprint density at radius 3 is 3.00 bits per heavy atom. The van der Waals surface area contributed by atoms with Gasteiger partial charge in [-0.25, -0.2) is 0 Å². The topological polar surface area (TPSA) is 51.5 Å². The van der Waals surface area contributed by atoms with Crippen molar-refractivity contribution in [3.8, 4) is 0 Å². The van der Waals surface area contributed by atoms with Gasteiger partial charge in [-0.1, -0.05) is 6.92 Å². The molecule has 1 fully saturated rings. The van der Waals surface area contributed by atoms with E-state index in [1.807, 2.05) is 11.7 Å². The van der Waals surface area contributed by atoms with Crippen molar-refractivity contribution >= 4 is 5.82 Å². The molecule has 2 heterocycles. The number of hydrogen-bond donors (Lipinski definition) is 1. The molecule has 1 aliphatic heterocycles. The zero-order valence-corrected chi connectivity index (χ0v) is 13.7. The molecule has 1 aliphatic rings. The fourth-order valence-electron chi connectivity index (χ4n) is 2.84. The average Bonchev–Trinajstić information content (AvgIpc) is 2.77. The Morgan fingerprint density at radius 1 is 1.48 bits per heavy atom. The number of anilines is 1. The van der Waals surface area contributed by atoms with Crippen molar-refractivity contribution in [3.05, 3.63) is 11.3 Å². The quantitative estimate of drug-likeness (QED) is 0.763. The van der Waals surface area contributed by atoms with Crippen LogP contribution in [0.4, 0.5) is 5.82 Å². The molecular weight excluding hydrogens is 268 g/mol. The molecule has 0 spiro atoms. The van der Waals surface area contributed by atoms with E-state index in [4.69, 9.17) is 9.47 Å². The molecule has 0 bridgehead atoms. The predicted octanol–water partition coefficient (Wildman–Crippen LogP) is 1.08. The number of morpholine rings is 1. The van der Waals surface area contributed by atoms with Gasteiger partial charge in [-0.05, 0) is 13.3 Å². The van der Waals surface area contributed by atoms with E-state index < -0.39 is 0 Å². The Bertz CT molecular complexity index is 447. The van der Waals surface area contributed by atoms with Crippen LogP contribution in [0.15, 0.2) is 0 Å². The first-order chi connectivity index (χ1) is 10.2. The van der Waals surface area contributed by atoms with E-state index >= 15 is 0 Å². The number of ether oxygens (including phenoxy) is 2.